The number of amidine groups is 1. The summed E-state index contributed by atoms with van der Waals surface area (Å²) in [7, 11) is -1.93. The fourth-order valence-corrected chi connectivity index (χ4v) is 3.46. The van der Waals surface area contributed by atoms with Gasteiger partial charge in [0.2, 0.25) is 0 Å². The zero-order valence-electron chi connectivity index (χ0n) is 13.7. The summed E-state index contributed by atoms with van der Waals surface area (Å²) in [6.07, 6.45) is 5.11. The molecule has 2 rings (SSSR count). The van der Waals surface area contributed by atoms with Gasteiger partial charge in [0.15, 0.2) is 5.84 Å². The zero-order chi connectivity index (χ0) is 17.0. The summed E-state index contributed by atoms with van der Waals surface area (Å²) in [5.74, 6) is 0.251. The van der Waals surface area contributed by atoms with Crippen LogP contribution in [0.1, 0.15) is 13.8 Å². The largest absolute Gasteiger partial charge is 0.383 e. The second-order valence-corrected chi connectivity index (χ2v) is 7.71. The summed E-state index contributed by atoms with van der Waals surface area (Å²) in [4.78, 5) is 16.3. The summed E-state index contributed by atoms with van der Waals surface area (Å²) in [5, 5.41) is 0. The van der Waals surface area contributed by atoms with Crippen LogP contribution in [-0.2, 0) is 19.6 Å². The quantitative estimate of drug-likeness (QED) is 0.707. The maximum atomic E-state index is 12.9. The zero-order valence-corrected chi connectivity index (χ0v) is 14.5. The number of carbonyl (C=O) groups is 1. The van der Waals surface area contributed by atoms with Crippen molar-refractivity contribution in [3.05, 3.63) is 23.9 Å². The van der Waals surface area contributed by atoms with Crippen molar-refractivity contribution >= 4 is 21.8 Å². The highest BCUT2D eigenvalue weighted by Gasteiger charge is 2.32. The van der Waals surface area contributed by atoms with Crippen LogP contribution in [0, 0.1) is 5.92 Å². The minimum atomic E-state index is -3.51. The molecule has 0 saturated carbocycles. The van der Waals surface area contributed by atoms with E-state index in [1.54, 1.807) is 35.3 Å². The lowest BCUT2D eigenvalue weighted by Crippen LogP contribution is -2.45. The van der Waals surface area contributed by atoms with Crippen molar-refractivity contribution in [1.82, 2.24) is 9.80 Å². The summed E-state index contributed by atoms with van der Waals surface area (Å²) in [6.45, 7) is 5.81. The normalized spacial score (nSPS) is 19.2. The number of ether oxygens (including phenoxy) is 1. The van der Waals surface area contributed by atoms with E-state index in [1.165, 1.54) is 0 Å². The Morgan fingerprint density at radius 1 is 1.48 bits per heavy atom. The molecule has 0 radical (unpaired) electrons. The first-order valence-corrected chi connectivity index (χ1v) is 9.21. The van der Waals surface area contributed by atoms with Crippen LogP contribution in [-0.4, -0.2) is 69.1 Å². The van der Waals surface area contributed by atoms with Crippen LogP contribution in [0.3, 0.4) is 0 Å². The number of fused-ring (bicyclic) bond motifs is 1. The first-order chi connectivity index (χ1) is 10.8. The number of carbonyl (C=O) groups excluding carboxylic acids is 1. The minimum absolute atomic E-state index is 0.0400. The number of hydrogen-bond donors (Lipinski definition) is 0. The molecule has 2 aliphatic rings. The fraction of sp³-hybridized carbons (Fsp3) is 0.600. The predicted octanol–water partition coefficient (Wildman–Crippen LogP) is 0.615. The topological polar surface area (TPSA) is 79.3 Å². The number of sulfonamides is 1. The summed E-state index contributed by atoms with van der Waals surface area (Å²) < 4.78 is 32.4. The van der Waals surface area contributed by atoms with Crippen LogP contribution in [0.4, 0.5) is 0 Å². The molecule has 0 aliphatic carbocycles. The smallest absolute Gasteiger partial charge is 0.257 e. The lowest BCUT2D eigenvalue weighted by atomic mass is 10.1. The van der Waals surface area contributed by atoms with Crippen LogP contribution in [0.25, 0.3) is 0 Å². The SMILES string of the molecule is COCCN(CC(C)C)C(=O)C1=CC=CN2CCS(=O)(=O)N=C12. The van der Waals surface area contributed by atoms with Crippen molar-refractivity contribution in [1.29, 1.82) is 0 Å². The molecule has 2 aliphatic heterocycles. The van der Waals surface area contributed by atoms with Crippen LogP contribution >= 0.6 is 0 Å². The highest BCUT2D eigenvalue weighted by Crippen LogP contribution is 2.19. The van der Waals surface area contributed by atoms with Crippen molar-refractivity contribution in [2.75, 3.05) is 39.1 Å². The van der Waals surface area contributed by atoms with Crippen molar-refractivity contribution in [2.45, 2.75) is 13.8 Å². The van der Waals surface area contributed by atoms with Crippen molar-refractivity contribution in [3.63, 3.8) is 0 Å². The second kappa shape index (κ2) is 7.27. The summed E-state index contributed by atoms with van der Waals surface area (Å²) in [6, 6.07) is 0. The monoisotopic (exact) mass is 341 g/mol. The molecule has 8 heteroatoms. The number of allylic oxidation sites excluding steroid dienone is 2. The van der Waals surface area contributed by atoms with E-state index in [-0.39, 0.29) is 17.5 Å². The van der Waals surface area contributed by atoms with E-state index in [4.69, 9.17) is 4.74 Å². The third kappa shape index (κ3) is 4.42. The molecule has 23 heavy (non-hydrogen) atoms. The molecule has 0 unspecified atom stereocenters. The van der Waals surface area contributed by atoms with Gasteiger partial charge in [-0.25, -0.2) is 8.42 Å². The van der Waals surface area contributed by atoms with Gasteiger partial charge in [0, 0.05) is 32.9 Å². The first kappa shape index (κ1) is 17.7. The molecule has 2 heterocycles. The van der Waals surface area contributed by atoms with Crippen LogP contribution in [0.2, 0.25) is 0 Å². The molecule has 7 nitrogen and oxygen atoms in total. The van der Waals surface area contributed by atoms with Gasteiger partial charge < -0.3 is 14.5 Å². The van der Waals surface area contributed by atoms with Crippen LogP contribution < -0.4 is 0 Å². The Bertz CT molecular complexity index is 650. The van der Waals surface area contributed by atoms with Gasteiger partial charge in [0.05, 0.1) is 17.9 Å². The highest BCUT2D eigenvalue weighted by atomic mass is 32.2. The van der Waals surface area contributed by atoms with Gasteiger partial charge in [-0.1, -0.05) is 13.8 Å². The molecular formula is C15H23N3O4S. The minimum Gasteiger partial charge on any atom is -0.383 e. The summed E-state index contributed by atoms with van der Waals surface area (Å²) >= 11 is 0. The second-order valence-electron chi connectivity index (χ2n) is 5.95. The lowest BCUT2D eigenvalue weighted by Gasteiger charge is -2.31. The van der Waals surface area contributed by atoms with E-state index in [2.05, 4.69) is 4.40 Å². The molecule has 0 aromatic heterocycles. The van der Waals surface area contributed by atoms with Gasteiger partial charge in [-0.2, -0.15) is 0 Å². The average molecular weight is 341 g/mol. The van der Waals surface area contributed by atoms with E-state index in [1.807, 2.05) is 13.8 Å². The Morgan fingerprint density at radius 2 is 2.22 bits per heavy atom. The molecular weight excluding hydrogens is 318 g/mol. The van der Waals surface area contributed by atoms with Crippen LogP contribution in [0.5, 0.6) is 0 Å². The Morgan fingerprint density at radius 3 is 2.87 bits per heavy atom. The fourth-order valence-electron chi connectivity index (χ4n) is 2.47. The molecule has 0 atom stereocenters. The number of rotatable bonds is 6. The number of nitrogens with zero attached hydrogens (tertiary/aromatic N) is 3. The molecule has 128 valence electrons. The van der Waals surface area contributed by atoms with Gasteiger partial charge in [-0.15, -0.1) is 4.40 Å². The van der Waals surface area contributed by atoms with Crippen molar-refractivity contribution in [3.8, 4) is 0 Å². The van der Waals surface area contributed by atoms with E-state index >= 15 is 0 Å². The molecule has 0 fully saturated rings. The van der Waals surface area contributed by atoms with Gasteiger partial charge >= 0.3 is 0 Å². The highest BCUT2D eigenvalue weighted by molar-refractivity contribution is 7.90. The van der Waals surface area contributed by atoms with E-state index in [0.29, 0.717) is 37.7 Å². The Balaban J connectivity index is 2.29. The number of amides is 1. The van der Waals surface area contributed by atoms with E-state index in [0.717, 1.165) is 0 Å². The van der Waals surface area contributed by atoms with Crippen molar-refractivity contribution in [2.24, 2.45) is 10.3 Å². The first-order valence-electron chi connectivity index (χ1n) is 7.60. The maximum absolute atomic E-state index is 12.9. The summed E-state index contributed by atoms with van der Waals surface area (Å²) in [5.41, 5.74) is 0.313. The average Bonchev–Trinajstić information content (AvgIpc) is 2.49. The van der Waals surface area contributed by atoms with Gasteiger partial charge in [0.1, 0.15) is 0 Å². The molecule has 0 spiro atoms. The molecule has 0 N–H and O–H groups in total. The Hall–Kier alpha value is -1.67. The molecule has 0 aromatic rings. The van der Waals surface area contributed by atoms with Crippen LogP contribution in [0.15, 0.2) is 28.3 Å². The third-order valence-corrected chi connectivity index (χ3v) is 4.68. The molecule has 0 bridgehead atoms. The van der Waals surface area contributed by atoms with Gasteiger partial charge in [0.25, 0.3) is 15.9 Å². The molecule has 0 saturated heterocycles. The molecule has 1 amide bonds. The number of methoxy groups -OCH3 is 1. The standard InChI is InChI=1S/C15H23N3O4S/c1-12(2)11-18(7-9-22-3)15(19)13-5-4-6-17-8-10-23(20,21)16-14(13)17/h4-6,12H,7-11H2,1-3H3. The lowest BCUT2D eigenvalue weighted by molar-refractivity contribution is -0.127. The van der Waals surface area contributed by atoms with Crippen molar-refractivity contribution < 1.29 is 17.9 Å². The maximum Gasteiger partial charge on any atom is 0.257 e. The molecule has 0 aromatic carbocycles. The van der Waals surface area contributed by atoms with Gasteiger partial charge in [-0.05, 0) is 18.1 Å². The Labute approximate surface area is 137 Å². The third-order valence-electron chi connectivity index (χ3n) is 3.53. The Kier molecular flexibility index (Phi) is 5.59. The van der Waals surface area contributed by atoms with Gasteiger partial charge in [-0.3, -0.25) is 4.79 Å². The predicted molar refractivity (Wildman–Crippen MR) is 88.4 cm³/mol. The van der Waals surface area contributed by atoms with E-state index < -0.39 is 10.0 Å². The number of hydrogen-bond acceptors (Lipinski definition) is 5. The van der Waals surface area contributed by atoms with E-state index in [9.17, 15) is 13.2 Å².